The second kappa shape index (κ2) is 5.98. The number of aryl methyl sites for hydroxylation is 1. The predicted molar refractivity (Wildman–Crippen MR) is 75.3 cm³/mol. The molecule has 0 spiro atoms. The van der Waals surface area contributed by atoms with Gasteiger partial charge in [0.1, 0.15) is 5.82 Å². The van der Waals surface area contributed by atoms with E-state index in [2.05, 4.69) is 0 Å². The summed E-state index contributed by atoms with van der Waals surface area (Å²) in [4.78, 5) is 12.2. The van der Waals surface area contributed by atoms with Gasteiger partial charge >= 0.3 is 0 Å². The average molecular weight is 277 g/mol. The first-order chi connectivity index (χ1) is 9.10. The second-order valence-corrected chi connectivity index (χ2v) is 4.80. The molecule has 3 heteroatoms. The number of halogens is 2. The number of Topliss-reactive ketones (excluding diaryl/α,β-unsaturated/α-hetero) is 1. The number of rotatable bonds is 4. The van der Waals surface area contributed by atoms with Crippen LogP contribution in [-0.4, -0.2) is 5.78 Å². The fraction of sp³-hybridized carbons (Fsp3) is 0.188. The molecule has 0 bridgehead atoms. The number of ketones is 1. The van der Waals surface area contributed by atoms with Crippen molar-refractivity contribution in [2.75, 3.05) is 0 Å². The zero-order valence-electron chi connectivity index (χ0n) is 10.6. The Hall–Kier alpha value is -1.67. The molecule has 98 valence electrons. The molecule has 0 saturated heterocycles. The van der Waals surface area contributed by atoms with E-state index in [1.165, 1.54) is 12.1 Å². The lowest BCUT2D eigenvalue weighted by molar-refractivity contribution is 0.0993. The average Bonchev–Trinajstić information content (AvgIpc) is 2.42. The molecule has 0 aromatic heterocycles. The summed E-state index contributed by atoms with van der Waals surface area (Å²) < 4.78 is 12.9. The van der Waals surface area contributed by atoms with Crippen LogP contribution in [0.3, 0.4) is 0 Å². The molecular weight excluding hydrogens is 263 g/mol. The van der Waals surface area contributed by atoms with Gasteiger partial charge in [-0.05, 0) is 35.7 Å². The van der Waals surface area contributed by atoms with Crippen LogP contribution in [0.25, 0.3) is 0 Å². The molecule has 2 aromatic carbocycles. The molecule has 0 fully saturated rings. The van der Waals surface area contributed by atoms with Gasteiger partial charge in [-0.25, -0.2) is 4.39 Å². The fourth-order valence-electron chi connectivity index (χ4n) is 1.90. The third-order valence-electron chi connectivity index (χ3n) is 3.02. The van der Waals surface area contributed by atoms with Crippen LogP contribution in [-0.2, 0) is 12.8 Å². The molecule has 0 unspecified atom stereocenters. The maximum atomic E-state index is 12.9. The van der Waals surface area contributed by atoms with E-state index in [4.69, 9.17) is 11.6 Å². The van der Waals surface area contributed by atoms with Crippen LogP contribution >= 0.6 is 11.6 Å². The van der Waals surface area contributed by atoms with E-state index in [9.17, 15) is 9.18 Å². The molecule has 0 saturated carbocycles. The standard InChI is InChI=1S/C16H14ClFO/c1-2-11-4-3-5-13(8-11)16(19)9-12-6-7-14(18)10-15(12)17/h3-8,10H,2,9H2,1H3. The second-order valence-electron chi connectivity index (χ2n) is 4.39. The Bertz CT molecular complexity index is 607. The zero-order valence-corrected chi connectivity index (χ0v) is 11.4. The molecule has 1 nitrogen and oxygen atoms in total. The first-order valence-corrected chi connectivity index (χ1v) is 6.54. The Labute approximate surface area is 117 Å². The Kier molecular flexibility index (Phi) is 4.33. The smallest absolute Gasteiger partial charge is 0.167 e. The highest BCUT2D eigenvalue weighted by molar-refractivity contribution is 6.31. The molecule has 0 aliphatic heterocycles. The van der Waals surface area contributed by atoms with Crippen molar-refractivity contribution in [3.8, 4) is 0 Å². The van der Waals surface area contributed by atoms with Gasteiger partial charge in [-0.15, -0.1) is 0 Å². The predicted octanol–water partition coefficient (Wildman–Crippen LogP) is 4.47. The Morgan fingerprint density at radius 2 is 2.00 bits per heavy atom. The normalized spacial score (nSPS) is 10.5. The van der Waals surface area contributed by atoms with E-state index < -0.39 is 5.82 Å². The van der Waals surface area contributed by atoms with Gasteiger partial charge in [0.2, 0.25) is 0 Å². The maximum Gasteiger partial charge on any atom is 0.167 e. The van der Waals surface area contributed by atoms with Crippen LogP contribution < -0.4 is 0 Å². The fourth-order valence-corrected chi connectivity index (χ4v) is 2.14. The Balaban J connectivity index is 2.20. The summed E-state index contributed by atoms with van der Waals surface area (Å²) in [5, 5.41) is 0.292. The summed E-state index contributed by atoms with van der Waals surface area (Å²) >= 11 is 5.93. The molecule has 0 radical (unpaired) electrons. The summed E-state index contributed by atoms with van der Waals surface area (Å²) in [5.74, 6) is -0.405. The van der Waals surface area contributed by atoms with Gasteiger partial charge < -0.3 is 0 Å². The highest BCUT2D eigenvalue weighted by atomic mass is 35.5. The molecule has 2 aromatic rings. The highest BCUT2D eigenvalue weighted by Crippen LogP contribution is 2.19. The molecule has 0 amide bonds. The van der Waals surface area contributed by atoms with Crippen molar-refractivity contribution in [2.24, 2.45) is 0 Å². The van der Waals surface area contributed by atoms with Crippen LogP contribution in [0.5, 0.6) is 0 Å². The van der Waals surface area contributed by atoms with Crippen LogP contribution in [0, 0.1) is 5.82 Å². The first kappa shape index (κ1) is 13.8. The summed E-state index contributed by atoms with van der Waals surface area (Å²) in [6.45, 7) is 2.04. The van der Waals surface area contributed by atoms with Crippen molar-refractivity contribution >= 4 is 17.4 Å². The lowest BCUT2D eigenvalue weighted by Crippen LogP contribution is -2.04. The number of hydrogen-bond acceptors (Lipinski definition) is 1. The van der Waals surface area contributed by atoms with E-state index in [-0.39, 0.29) is 12.2 Å². The Morgan fingerprint density at radius 3 is 2.68 bits per heavy atom. The van der Waals surface area contributed by atoms with E-state index in [1.807, 2.05) is 25.1 Å². The highest BCUT2D eigenvalue weighted by Gasteiger charge is 2.10. The minimum absolute atomic E-state index is 0.0104. The molecule has 2 rings (SSSR count). The lowest BCUT2D eigenvalue weighted by Gasteiger charge is -2.05. The minimum atomic E-state index is -0.394. The number of benzene rings is 2. The molecule has 0 heterocycles. The van der Waals surface area contributed by atoms with Crippen LogP contribution in [0.2, 0.25) is 5.02 Å². The largest absolute Gasteiger partial charge is 0.294 e. The number of hydrogen-bond donors (Lipinski definition) is 0. The zero-order chi connectivity index (χ0) is 13.8. The summed E-state index contributed by atoms with van der Waals surface area (Å²) in [5.41, 5.74) is 2.44. The molecular formula is C16H14ClFO. The van der Waals surface area contributed by atoms with Crippen molar-refractivity contribution < 1.29 is 9.18 Å². The number of carbonyl (C=O) groups is 1. The van der Waals surface area contributed by atoms with Crippen LogP contribution in [0.4, 0.5) is 4.39 Å². The minimum Gasteiger partial charge on any atom is -0.294 e. The van der Waals surface area contributed by atoms with E-state index in [1.54, 1.807) is 12.1 Å². The third kappa shape index (κ3) is 3.42. The van der Waals surface area contributed by atoms with Gasteiger partial charge in [-0.1, -0.05) is 42.8 Å². The molecule has 19 heavy (non-hydrogen) atoms. The van der Waals surface area contributed by atoms with E-state index in [0.29, 0.717) is 16.1 Å². The van der Waals surface area contributed by atoms with Crippen molar-refractivity contribution in [3.63, 3.8) is 0 Å². The number of carbonyl (C=O) groups excluding carboxylic acids is 1. The van der Waals surface area contributed by atoms with Gasteiger partial charge in [-0.2, -0.15) is 0 Å². The maximum absolute atomic E-state index is 12.9. The van der Waals surface area contributed by atoms with Gasteiger partial charge in [0.05, 0.1) is 0 Å². The van der Waals surface area contributed by atoms with Crippen LogP contribution in [0.15, 0.2) is 42.5 Å². The summed E-state index contributed by atoms with van der Waals surface area (Å²) in [7, 11) is 0. The van der Waals surface area contributed by atoms with Crippen molar-refractivity contribution in [1.82, 2.24) is 0 Å². The van der Waals surface area contributed by atoms with Gasteiger partial charge in [0.15, 0.2) is 5.78 Å². The van der Waals surface area contributed by atoms with Gasteiger partial charge in [-0.3, -0.25) is 4.79 Å². The van der Waals surface area contributed by atoms with Gasteiger partial charge in [0.25, 0.3) is 0 Å². The van der Waals surface area contributed by atoms with Crippen molar-refractivity contribution in [1.29, 1.82) is 0 Å². The molecule has 0 N–H and O–H groups in total. The summed E-state index contributed by atoms with van der Waals surface area (Å²) in [6, 6.07) is 11.6. The van der Waals surface area contributed by atoms with Crippen LogP contribution in [0.1, 0.15) is 28.4 Å². The van der Waals surface area contributed by atoms with Crippen molar-refractivity contribution in [3.05, 3.63) is 70.0 Å². The topological polar surface area (TPSA) is 17.1 Å². The van der Waals surface area contributed by atoms with Crippen molar-refractivity contribution in [2.45, 2.75) is 19.8 Å². The quantitative estimate of drug-likeness (QED) is 0.753. The SMILES string of the molecule is CCc1cccc(C(=O)Cc2ccc(F)cc2Cl)c1. The molecule has 0 aliphatic carbocycles. The Morgan fingerprint density at radius 1 is 1.21 bits per heavy atom. The van der Waals surface area contributed by atoms with E-state index >= 15 is 0 Å². The van der Waals surface area contributed by atoms with Gasteiger partial charge in [0, 0.05) is 17.0 Å². The first-order valence-electron chi connectivity index (χ1n) is 6.16. The third-order valence-corrected chi connectivity index (χ3v) is 3.38. The van der Waals surface area contributed by atoms with E-state index in [0.717, 1.165) is 12.0 Å². The monoisotopic (exact) mass is 276 g/mol. The lowest BCUT2D eigenvalue weighted by atomic mass is 10.0. The molecule has 0 aliphatic rings. The summed E-state index contributed by atoms with van der Waals surface area (Å²) in [6.07, 6.45) is 1.07. The molecule has 0 atom stereocenters.